The lowest BCUT2D eigenvalue weighted by molar-refractivity contribution is 0.617. The van der Waals surface area contributed by atoms with Gasteiger partial charge in [0, 0.05) is 31.9 Å². The Morgan fingerprint density at radius 3 is 2.86 bits per heavy atom. The second-order valence-corrected chi connectivity index (χ2v) is 6.63. The number of aliphatic imine (C=N–C) groups is 1. The van der Waals surface area contributed by atoms with Crippen molar-refractivity contribution in [3.05, 3.63) is 50.1 Å². The Bertz CT molecular complexity index is 657. The number of thiazole rings is 1. The highest BCUT2D eigenvalue weighted by Gasteiger charge is 2.03. The van der Waals surface area contributed by atoms with E-state index in [-0.39, 0.29) is 5.82 Å². The van der Waals surface area contributed by atoms with Crippen LogP contribution in [0.3, 0.4) is 0 Å². The molecule has 2 N–H and O–H groups in total. The maximum absolute atomic E-state index is 13.5. The predicted octanol–water partition coefficient (Wildman–Crippen LogP) is 3.26. The van der Waals surface area contributed by atoms with Crippen LogP contribution in [0.15, 0.2) is 33.0 Å². The third kappa shape index (κ3) is 5.06. The number of hydrogen-bond donors (Lipinski definition) is 2. The number of nitrogens with one attached hydrogen (secondary N) is 2. The molecule has 22 heavy (non-hydrogen) atoms. The van der Waals surface area contributed by atoms with Gasteiger partial charge in [0.25, 0.3) is 0 Å². The second kappa shape index (κ2) is 8.24. The first kappa shape index (κ1) is 16.9. The minimum Gasteiger partial charge on any atom is -0.356 e. The lowest BCUT2D eigenvalue weighted by Crippen LogP contribution is -2.37. The topological polar surface area (TPSA) is 49.3 Å². The molecule has 0 spiro atoms. The highest BCUT2D eigenvalue weighted by Crippen LogP contribution is 2.16. The number of guanidine groups is 1. The molecule has 4 nitrogen and oxygen atoms in total. The molecule has 0 aliphatic carbocycles. The standard InChI is InChI=1S/C15H18BrFN4S/c1-10-21-12(9-22-10)5-6-19-15(18-2)20-8-11-3-4-13(16)14(17)7-11/h3-4,7,9H,5-6,8H2,1-2H3,(H2,18,19,20). The van der Waals surface area contributed by atoms with Crippen molar-refractivity contribution >= 4 is 33.2 Å². The van der Waals surface area contributed by atoms with E-state index in [9.17, 15) is 4.39 Å². The molecule has 0 radical (unpaired) electrons. The average Bonchev–Trinajstić information content (AvgIpc) is 2.91. The zero-order valence-electron chi connectivity index (χ0n) is 12.5. The molecule has 0 fully saturated rings. The van der Waals surface area contributed by atoms with Gasteiger partial charge in [-0.1, -0.05) is 6.07 Å². The first-order valence-electron chi connectivity index (χ1n) is 6.88. The van der Waals surface area contributed by atoms with E-state index in [1.807, 2.05) is 13.0 Å². The Balaban J connectivity index is 1.78. The minimum atomic E-state index is -0.263. The lowest BCUT2D eigenvalue weighted by Gasteiger charge is -2.11. The van der Waals surface area contributed by atoms with Crippen LogP contribution in [0.4, 0.5) is 4.39 Å². The van der Waals surface area contributed by atoms with Gasteiger partial charge in [-0.05, 0) is 40.5 Å². The number of aromatic nitrogens is 1. The van der Waals surface area contributed by atoms with Crippen molar-refractivity contribution in [3.63, 3.8) is 0 Å². The summed E-state index contributed by atoms with van der Waals surface area (Å²) >= 11 is 4.80. The summed E-state index contributed by atoms with van der Waals surface area (Å²) in [6.45, 7) is 3.26. The van der Waals surface area contributed by atoms with Crippen LogP contribution in [0.25, 0.3) is 0 Å². The fraction of sp³-hybridized carbons (Fsp3) is 0.333. The van der Waals surface area contributed by atoms with Crippen LogP contribution >= 0.6 is 27.3 Å². The number of aryl methyl sites for hydroxylation is 1. The van der Waals surface area contributed by atoms with Crippen LogP contribution in [0.2, 0.25) is 0 Å². The Labute approximate surface area is 142 Å². The van der Waals surface area contributed by atoms with Crippen LogP contribution in [-0.2, 0) is 13.0 Å². The fourth-order valence-corrected chi connectivity index (χ4v) is 2.78. The molecule has 0 saturated heterocycles. The zero-order valence-corrected chi connectivity index (χ0v) is 14.9. The molecule has 0 aliphatic heterocycles. The van der Waals surface area contributed by atoms with Crippen LogP contribution < -0.4 is 10.6 Å². The van der Waals surface area contributed by atoms with Crippen LogP contribution in [-0.4, -0.2) is 24.5 Å². The van der Waals surface area contributed by atoms with Crippen molar-refractivity contribution in [2.24, 2.45) is 4.99 Å². The molecule has 0 atom stereocenters. The van der Waals surface area contributed by atoms with E-state index < -0.39 is 0 Å². The van der Waals surface area contributed by atoms with Gasteiger partial charge in [0.05, 0.1) is 15.2 Å². The molecule has 0 unspecified atom stereocenters. The monoisotopic (exact) mass is 384 g/mol. The molecule has 0 bridgehead atoms. The Kier molecular flexibility index (Phi) is 6.33. The number of nitrogens with zero attached hydrogens (tertiary/aromatic N) is 2. The van der Waals surface area contributed by atoms with Gasteiger partial charge in [0.2, 0.25) is 0 Å². The van der Waals surface area contributed by atoms with Crippen LogP contribution in [0.1, 0.15) is 16.3 Å². The molecule has 1 aromatic heterocycles. The minimum absolute atomic E-state index is 0.263. The Morgan fingerprint density at radius 1 is 1.41 bits per heavy atom. The van der Waals surface area contributed by atoms with Crippen molar-refractivity contribution in [2.45, 2.75) is 19.9 Å². The van der Waals surface area contributed by atoms with Gasteiger partial charge < -0.3 is 10.6 Å². The molecule has 118 valence electrons. The number of benzene rings is 1. The molecular weight excluding hydrogens is 367 g/mol. The maximum Gasteiger partial charge on any atom is 0.191 e. The molecule has 1 heterocycles. The summed E-state index contributed by atoms with van der Waals surface area (Å²) in [5.41, 5.74) is 1.94. The van der Waals surface area contributed by atoms with Crippen molar-refractivity contribution < 1.29 is 4.39 Å². The van der Waals surface area contributed by atoms with E-state index in [0.29, 0.717) is 17.0 Å². The van der Waals surface area contributed by atoms with Crippen molar-refractivity contribution in [1.29, 1.82) is 0 Å². The molecule has 1 aromatic carbocycles. The Hall–Kier alpha value is -1.47. The largest absolute Gasteiger partial charge is 0.356 e. The SMILES string of the molecule is CN=C(NCCc1csc(C)n1)NCc1ccc(Br)c(F)c1. The third-order valence-corrected chi connectivity index (χ3v) is 4.47. The van der Waals surface area contributed by atoms with E-state index in [4.69, 9.17) is 0 Å². The zero-order chi connectivity index (χ0) is 15.9. The normalized spacial score (nSPS) is 11.5. The summed E-state index contributed by atoms with van der Waals surface area (Å²) in [7, 11) is 1.71. The van der Waals surface area contributed by atoms with Gasteiger partial charge in [-0.25, -0.2) is 9.37 Å². The maximum atomic E-state index is 13.5. The van der Waals surface area contributed by atoms with Gasteiger partial charge in [0.1, 0.15) is 5.82 Å². The van der Waals surface area contributed by atoms with Crippen molar-refractivity contribution in [2.75, 3.05) is 13.6 Å². The van der Waals surface area contributed by atoms with Crippen molar-refractivity contribution in [1.82, 2.24) is 15.6 Å². The summed E-state index contributed by atoms with van der Waals surface area (Å²) in [6.07, 6.45) is 0.845. The molecule has 0 saturated carbocycles. The third-order valence-electron chi connectivity index (χ3n) is 3.01. The molecule has 2 rings (SSSR count). The van der Waals surface area contributed by atoms with Gasteiger partial charge in [-0.15, -0.1) is 11.3 Å². The van der Waals surface area contributed by atoms with E-state index in [0.717, 1.165) is 29.2 Å². The Morgan fingerprint density at radius 2 is 2.23 bits per heavy atom. The van der Waals surface area contributed by atoms with Crippen LogP contribution in [0.5, 0.6) is 0 Å². The number of hydrogen-bond acceptors (Lipinski definition) is 3. The first-order chi connectivity index (χ1) is 10.6. The molecule has 0 aliphatic rings. The summed E-state index contributed by atoms with van der Waals surface area (Å²) in [5.74, 6) is 0.427. The smallest absolute Gasteiger partial charge is 0.191 e. The van der Waals surface area contributed by atoms with Crippen LogP contribution in [0, 0.1) is 12.7 Å². The summed E-state index contributed by atoms with van der Waals surface area (Å²) in [6, 6.07) is 5.07. The number of halogens is 2. The van der Waals surface area contributed by atoms with Crippen molar-refractivity contribution in [3.8, 4) is 0 Å². The molecule has 0 amide bonds. The number of rotatable bonds is 5. The second-order valence-electron chi connectivity index (χ2n) is 4.71. The predicted molar refractivity (Wildman–Crippen MR) is 92.9 cm³/mol. The van der Waals surface area contributed by atoms with E-state index >= 15 is 0 Å². The lowest BCUT2D eigenvalue weighted by atomic mass is 10.2. The first-order valence-corrected chi connectivity index (χ1v) is 8.55. The van der Waals surface area contributed by atoms with E-state index in [1.165, 1.54) is 6.07 Å². The highest BCUT2D eigenvalue weighted by molar-refractivity contribution is 9.10. The highest BCUT2D eigenvalue weighted by atomic mass is 79.9. The van der Waals surface area contributed by atoms with Gasteiger partial charge in [-0.2, -0.15) is 0 Å². The van der Waals surface area contributed by atoms with E-state index in [2.05, 4.69) is 41.9 Å². The van der Waals surface area contributed by atoms with E-state index in [1.54, 1.807) is 24.5 Å². The summed E-state index contributed by atoms with van der Waals surface area (Å²) < 4.78 is 13.9. The fourth-order valence-electron chi connectivity index (χ4n) is 1.89. The summed E-state index contributed by atoms with van der Waals surface area (Å²) in [5, 5.41) is 9.53. The quantitative estimate of drug-likeness (QED) is 0.614. The molecule has 2 aromatic rings. The molecular formula is C15H18BrFN4S. The molecule has 7 heteroatoms. The van der Waals surface area contributed by atoms with Gasteiger partial charge in [-0.3, -0.25) is 4.99 Å². The van der Waals surface area contributed by atoms with Gasteiger partial charge >= 0.3 is 0 Å². The van der Waals surface area contributed by atoms with Gasteiger partial charge in [0.15, 0.2) is 5.96 Å². The summed E-state index contributed by atoms with van der Waals surface area (Å²) in [4.78, 5) is 8.57. The average molecular weight is 385 g/mol.